The van der Waals surface area contributed by atoms with Gasteiger partial charge in [-0.05, 0) is 30.1 Å². The molecule has 1 aliphatic carbocycles. The lowest BCUT2D eigenvalue weighted by Crippen LogP contribution is -2.49. The quantitative estimate of drug-likeness (QED) is 0.730. The van der Waals surface area contributed by atoms with Gasteiger partial charge in [-0.15, -0.1) is 0 Å². The van der Waals surface area contributed by atoms with Gasteiger partial charge >= 0.3 is 12.0 Å². The number of urea groups is 1. The van der Waals surface area contributed by atoms with E-state index in [0.29, 0.717) is 12.5 Å². The third kappa shape index (κ3) is 6.82. The van der Waals surface area contributed by atoms with E-state index < -0.39 is 5.97 Å². The van der Waals surface area contributed by atoms with Crippen molar-refractivity contribution in [3.05, 3.63) is 0 Å². The van der Waals surface area contributed by atoms with E-state index in [0.717, 1.165) is 12.3 Å². The van der Waals surface area contributed by atoms with Crippen LogP contribution in [0.25, 0.3) is 0 Å². The van der Waals surface area contributed by atoms with Crippen molar-refractivity contribution in [3.63, 3.8) is 0 Å². The van der Waals surface area contributed by atoms with Crippen LogP contribution in [0, 0.1) is 17.3 Å². The van der Waals surface area contributed by atoms with Crippen LogP contribution in [-0.4, -0.2) is 29.7 Å². The highest BCUT2D eigenvalue weighted by atomic mass is 16.4. The molecule has 5 heteroatoms. The van der Waals surface area contributed by atoms with E-state index in [1.807, 2.05) is 20.8 Å². The zero-order chi connectivity index (χ0) is 16.0. The summed E-state index contributed by atoms with van der Waals surface area (Å²) in [6.07, 6.45) is 4.80. The number of rotatable bonds is 5. The van der Waals surface area contributed by atoms with Crippen molar-refractivity contribution in [2.75, 3.05) is 6.54 Å². The second kappa shape index (κ2) is 7.66. The van der Waals surface area contributed by atoms with Crippen molar-refractivity contribution in [1.82, 2.24) is 10.6 Å². The normalized spacial score (nSPS) is 24.2. The van der Waals surface area contributed by atoms with Crippen molar-refractivity contribution in [2.45, 2.75) is 65.8 Å². The maximum Gasteiger partial charge on any atom is 0.315 e. The largest absolute Gasteiger partial charge is 0.481 e. The fraction of sp³-hybridized carbons (Fsp3) is 0.875. The number of hydrogen-bond donors (Lipinski definition) is 3. The van der Waals surface area contributed by atoms with Crippen LogP contribution in [0.3, 0.4) is 0 Å². The molecule has 0 heterocycles. The first kappa shape index (κ1) is 17.8. The molecule has 0 saturated heterocycles. The first-order valence-electron chi connectivity index (χ1n) is 7.94. The van der Waals surface area contributed by atoms with Crippen LogP contribution < -0.4 is 10.6 Å². The number of carbonyl (C=O) groups excluding carboxylic acids is 1. The minimum atomic E-state index is -0.892. The smallest absolute Gasteiger partial charge is 0.315 e. The Morgan fingerprint density at radius 2 is 1.95 bits per heavy atom. The van der Waals surface area contributed by atoms with Gasteiger partial charge in [0.05, 0.1) is 6.42 Å². The molecule has 3 unspecified atom stereocenters. The van der Waals surface area contributed by atoms with Crippen LogP contribution >= 0.6 is 0 Å². The average molecular weight is 298 g/mol. The van der Waals surface area contributed by atoms with Crippen LogP contribution in [-0.2, 0) is 4.79 Å². The SMILES string of the molecule is CC1CCCC(CNC(=O)NC(CC(=O)O)C(C)(C)C)C1. The number of carbonyl (C=O) groups is 2. The van der Waals surface area contributed by atoms with E-state index in [4.69, 9.17) is 5.11 Å². The zero-order valence-corrected chi connectivity index (χ0v) is 13.7. The Morgan fingerprint density at radius 1 is 1.29 bits per heavy atom. The molecule has 1 fully saturated rings. The number of aliphatic carboxylic acids is 1. The topological polar surface area (TPSA) is 78.4 Å². The molecule has 0 spiro atoms. The van der Waals surface area contributed by atoms with Gasteiger partial charge < -0.3 is 15.7 Å². The minimum Gasteiger partial charge on any atom is -0.481 e. The predicted molar refractivity (Wildman–Crippen MR) is 83.2 cm³/mol. The van der Waals surface area contributed by atoms with E-state index in [-0.39, 0.29) is 23.9 Å². The van der Waals surface area contributed by atoms with Crippen LogP contribution in [0.1, 0.15) is 59.8 Å². The summed E-state index contributed by atoms with van der Waals surface area (Å²) >= 11 is 0. The lowest BCUT2D eigenvalue weighted by Gasteiger charge is -2.31. The number of carboxylic acid groups (broad SMARTS) is 1. The molecule has 122 valence electrons. The number of carboxylic acids is 1. The molecule has 1 rings (SSSR count). The molecule has 0 aromatic heterocycles. The van der Waals surface area contributed by atoms with E-state index in [2.05, 4.69) is 17.6 Å². The molecule has 0 aromatic rings. The van der Waals surface area contributed by atoms with Gasteiger partial charge in [-0.25, -0.2) is 4.79 Å². The Labute approximate surface area is 127 Å². The second-order valence-electron chi connectivity index (χ2n) is 7.51. The number of nitrogens with one attached hydrogen (secondary N) is 2. The van der Waals surface area contributed by atoms with Crippen LogP contribution in [0.2, 0.25) is 0 Å². The first-order valence-corrected chi connectivity index (χ1v) is 7.94. The summed E-state index contributed by atoms with van der Waals surface area (Å²) in [5, 5.41) is 14.7. The maximum absolute atomic E-state index is 12.0. The maximum atomic E-state index is 12.0. The predicted octanol–water partition coefficient (Wildman–Crippen LogP) is 3.00. The molecule has 1 saturated carbocycles. The third-order valence-electron chi connectivity index (χ3n) is 4.33. The molecular formula is C16H30N2O3. The zero-order valence-electron chi connectivity index (χ0n) is 13.7. The fourth-order valence-electron chi connectivity index (χ4n) is 2.94. The van der Waals surface area contributed by atoms with Crippen molar-refractivity contribution < 1.29 is 14.7 Å². The van der Waals surface area contributed by atoms with Gasteiger partial charge in [0.1, 0.15) is 0 Å². The van der Waals surface area contributed by atoms with Crippen molar-refractivity contribution in [2.24, 2.45) is 17.3 Å². The highest BCUT2D eigenvalue weighted by Crippen LogP contribution is 2.28. The molecule has 0 bridgehead atoms. The van der Waals surface area contributed by atoms with Gasteiger partial charge in [0, 0.05) is 12.6 Å². The third-order valence-corrected chi connectivity index (χ3v) is 4.33. The highest BCUT2D eigenvalue weighted by Gasteiger charge is 2.28. The number of amides is 2. The monoisotopic (exact) mass is 298 g/mol. The summed E-state index contributed by atoms with van der Waals surface area (Å²) in [6.45, 7) is 8.74. The minimum absolute atomic E-state index is 0.0582. The lowest BCUT2D eigenvalue weighted by molar-refractivity contribution is -0.138. The van der Waals surface area contributed by atoms with Crippen molar-refractivity contribution >= 4 is 12.0 Å². The van der Waals surface area contributed by atoms with E-state index in [1.54, 1.807) is 0 Å². The highest BCUT2D eigenvalue weighted by molar-refractivity contribution is 5.75. The van der Waals surface area contributed by atoms with Crippen molar-refractivity contribution in [1.29, 1.82) is 0 Å². The average Bonchev–Trinajstić information content (AvgIpc) is 2.34. The summed E-state index contributed by atoms with van der Waals surface area (Å²) in [6, 6.07) is -0.630. The Bertz CT molecular complexity index is 363. The molecule has 3 N–H and O–H groups in total. The summed E-state index contributed by atoms with van der Waals surface area (Å²) in [5.74, 6) is 0.395. The van der Waals surface area contributed by atoms with Crippen LogP contribution in [0.5, 0.6) is 0 Å². The fourth-order valence-corrected chi connectivity index (χ4v) is 2.94. The molecule has 3 atom stereocenters. The molecular weight excluding hydrogens is 268 g/mol. The van der Waals surface area contributed by atoms with Gasteiger partial charge in [0.2, 0.25) is 0 Å². The summed E-state index contributed by atoms with van der Waals surface area (Å²) in [5.41, 5.74) is -0.283. The van der Waals surface area contributed by atoms with Gasteiger partial charge in [-0.2, -0.15) is 0 Å². The van der Waals surface area contributed by atoms with E-state index in [9.17, 15) is 9.59 Å². The van der Waals surface area contributed by atoms with Gasteiger partial charge in [-0.1, -0.05) is 40.5 Å². The van der Waals surface area contributed by atoms with Gasteiger partial charge in [0.15, 0.2) is 0 Å². The van der Waals surface area contributed by atoms with E-state index in [1.165, 1.54) is 19.3 Å². The van der Waals surface area contributed by atoms with Crippen molar-refractivity contribution in [3.8, 4) is 0 Å². The Balaban J connectivity index is 2.41. The Morgan fingerprint density at radius 3 is 2.48 bits per heavy atom. The van der Waals surface area contributed by atoms with Gasteiger partial charge in [0.25, 0.3) is 0 Å². The second-order valence-corrected chi connectivity index (χ2v) is 7.51. The van der Waals surface area contributed by atoms with E-state index >= 15 is 0 Å². The molecule has 1 aliphatic rings. The molecule has 0 aliphatic heterocycles. The Kier molecular flexibility index (Phi) is 6.49. The summed E-state index contributed by atoms with van der Waals surface area (Å²) in [4.78, 5) is 22.9. The Hall–Kier alpha value is -1.26. The number of hydrogen-bond acceptors (Lipinski definition) is 2. The summed E-state index contributed by atoms with van der Waals surface area (Å²) < 4.78 is 0. The van der Waals surface area contributed by atoms with Crippen LogP contribution in [0.4, 0.5) is 4.79 Å². The van der Waals surface area contributed by atoms with Crippen LogP contribution in [0.15, 0.2) is 0 Å². The molecule has 0 radical (unpaired) electrons. The summed E-state index contributed by atoms with van der Waals surface area (Å²) in [7, 11) is 0. The standard InChI is InChI=1S/C16H30N2O3/c1-11-6-5-7-12(8-11)10-17-15(21)18-13(9-14(19)20)16(2,3)4/h11-13H,5-10H2,1-4H3,(H,19,20)(H2,17,18,21). The molecule has 5 nitrogen and oxygen atoms in total. The van der Waals surface area contributed by atoms with Gasteiger partial charge in [-0.3, -0.25) is 4.79 Å². The lowest BCUT2D eigenvalue weighted by atomic mass is 9.82. The molecule has 21 heavy (non-hydrogen) atoms. The molecule has 2 amide bonds. The first-order chi connectivity index (χ1) is 9.68. The molecule has 0 aromatic carbocycles.